The molecule has 5 fully saturated rings. The summed E-state index contributed by atoms with van der Waals surface area (Å²) in [6.07, 6.45) is 11.6. The SMILES string of the molecule is O=C(NCC1CCCCC1Cl)C1C2CC3CC(C2)CC1C3. The molecule has 1 amide bonds. The van der Waals surface area contributed by atoms with Gasteiger partial charge in [-0.1, -0.05) is 12.8 Å². The second-order valence-electron chi connectivity index (χ2n) is 8.26. The number of rotatable bonds is 3. The Labute approximate surface area is 133 Å². The van der Waals surface area contributed by atoms with Gasteiger partial charge >= 0.3 is 0 Å². The number of nitrogens with one attached hydrogen (secondary N) is 1. The summed E-state index contributed by atoms with van der Waals surface area (Å²) in [4.78, 5) is 12.7. The second-order valence-corrected chi connectivity index (χ2v) is 8.82. The van der Waals surface area contributed by atoms with Crippen molar-refractivity contribution in [3.63, 3.8) is 0 Å². The maximum Gasteiger partial charge on any atom is 0.223 e. The third-order valence-electron chi connectivity index (χ3n) is 6.88. The Hall–Kier alpha value is -0.240. The molecule has 5 aliphatic carbocycles. The molecule has 5 aliphatic rings. The molecule has 0 heterocycles. The molecule has 2 atom stereocenters. The van der Waals surface area contributed by atoms with E-state index in [2.05, 4.69) is 5.32 Å². The maximum absolute atomic E-state index is 12.7. The maximum atomic E-state index is 12.7. The third kappa shape index (κ3) is 2.73. The molecule has 2 nitrogen and oxygen atoms in total. The lowest BCUT2D eigenvalue weighted by atomic mass is 9.51. The summed E-state index contributed by atoms with van der Waals surface area (Å²) in [6.45, 7) is 0.815. The Morgan fingerprint density at radius 2 is 1.57 bits per heavy atom. The average Bonchev–Trinajstić information content (AvgIpc) is 2.45. The summed E-state index contributed by atoms with van der Waals surface area (Å²) in [7, 11) is 0. The van der Waals surface area contributed by atoms with Crippen LogP contribution in [0.5, 0.6) is 0 Å². The lowest BCUT2D eigenvalue weighted by Crippen LogP contribution is -2.51. The van der Waals surface area contributed by atoms with Crippen LogP contribution in [-0.2, 0) is 4.79 Å². The first kappa shape index (κ1) is 14.4. The fourth-order valence-electron chi connectivity index (χ4n) is 6.10. The average molecular weight is 310 g/mol. The third-order valence-corrected chi connectivity index (χ3v) is 7.46. The standard InChI is InChI=1S/C18H28ClNO/c19-16-4-2-1-3-13(16)10-20-18(21)17-14-6-11-5-12(8-14)9-15(17)7-11/h11-17H,1-10H2,(H,20,21). The topological polar surface area (TPSA) is 29.1 Å². The zero-order valence-corrected chi connectivity index (χ0v) is 13.7. The smallest absolute Gasteiger partial charge is 0.223 e. The van der Waals surface area contributed by atoms with Gasteiger partial charge < -0.3 is 5.32 Å². The van der Waals surface area contributed by atoms with Gasteiger partial charge in [0.25, 0.3) is 0 Å². The van der Waals surface area contributed by atoms with Crippen LogP contribution in [0.25, 0.3) is 0 Å². The Morgan fingerprint density at radius 1 is 0.952 bits per heavy atom. The van der Waals surface area contributed by atoms with Gasteiger partial charge in [-0.15, -0.1) is 11.6 Å². The molecule has 0 aromatic rings. The van der Waals surface area contributed by atoms with Crippen LogP contribution in [0.15, 0.2) is 0 Å². The van der Waals surface area contributed by atoms with Crippen LogP contribution in [0, 0.1) is 35.5 Å². The van der Waals surface area contributed by atoms with E-state index >= 15 is 0 Å². The van der Waals surface area contributed by atoms with Gasteiger partial charge in [0.05, 0.1) is 0 Å². The van der Waals surface area contributed by atoms with E-state index in [-0.39, 0.29) is 5.38 Å². The van der Waals surface area contributed by atoms with Crippen LogP contribution in [0.3, 0.4) is 0 Å². The molecule has 5 rings (SSSR count). The van der Waals surface area contributed by atoms with Crippen LogP contribution < -0.4 is 5.32 Å². The molecule has 21 heavy (non-hydrogen) atoms. The van der Waals surface area contributed by atoms with Gasteiger partial charge in [-0.3, -0.25) is 4.79 Å². The summed E-state index contributed by atoms with van der Waals surface area (Å²) in [6, 6.07) is 0. The number of amides is 1. The van der Waals surface area contributed by atoms with Crippen molar-refractivity contribution in [1.29, 1.82) is 0 Å². The van der Waals surface area contributed by atoms with Crippen molar-refractivity contribution < 1.29 is 4.79 Å². The van der Waals surface area contributed by atoms with Crippen molar-refractivity contribution in [3.8, 4) is 0 Å². The molecule has 3 heteroatoms. The van der Waals surface area contributed by atoms with Crippen LogP contribution in [0.2, 0.25) is 0 Å². The van der Waals surface area contributed by atoms with Crippen LogP contribution in [0.1, 0.15) is 57.8 Å². The minimum atomic E-state index is 0.276. The van der Waals surface area contributed by atoms with Crippen LogP contribution >= 0.6 is 11.6 Å². The van der Waals surface area contributed by atoms with E-state index in [0.717, 1.165) is 24.8 Å². The van der Waals surface area contributed by atoms with Gasteiger partial charge in [0, 0.05) is 17.8 Å². The van der Waals surface area contributed by atoms with E-state index < -0.39 is 0 Å². The molecule has 0 aliphatic heterocycles. The molecule has 0 radical (unpaired) electrons. The highest BCUT2D eigenvalue weighted by Gasteiger charge is 2.50. The van der Waals surface area contributed by atoms with Gasteiger partial charge in [-0.25, -0.2) is 0 Å². The van der Waals surface area contributed by atoms with E-state index in [4.69, 9.17) is 11.6 Å². The molecule has 5 saturated carbocycles. The minimum Gasteiger partial charge on any atom is -0.356 e. The minimum absolute atomic E-state index is 0.276. The van der Waals surface area contributed by atoms with E-state index in [9.17, 15) is 4.79 Å². The predicted molar refractivity (Wildman–Crippen MR) is 85.1 cm³/mol. The van der Waals surface area contributed by atoms with Crippen LogP contribution in [-0.4, -0.2) is 17.8 Å². The molecule has 0 aromatic heterocycles. The van der Waals surface area contributed by atoms with Gasteiger partial charge in [0.1, 0.15) is 0 Å². The first-order valence-electron chi connectivity index (χ1n) is 9.12. The van der Waals surface area contributed by atoms with E-state index in [1.165, 1.54) is 51.4 Å². The number of hydrogen-bond acceptors (Lipinski definition) is 1. The summed E-state index contributed by atoms with van der Waals surface area (Å²) in [5, 5.41) is 3.56. The molecule has 0 saturated heterocycles. The highest BCUT2D eigenvalue weighted by molar-refractivity contribution is 6.20. The quantitative estimate of drug-likeness (QED) is 0.785. The molecule has 1 N–H and O–H groups in total. The number of carbonyl (C=O) groups is 1. The van der Waals surface area contributed by atoms with E-state index in [1.807, 2.05) is 0 Å². The lowest BCUT2D eigenvalue weighted by molar-refractivity contribution is -0.138. The number of hydrogen-bond donors (Lipinski definition) is 1. The Bertz CT molecular complexity index is 382. The van der Waals surface area contributed by atoms with Crippen molar-refractivity contribution in [2.45, 2.75) is 63.2 Å². The molecule has 2 unspecified atom stereocenters. The highest BCUT2D eigenvalue weighted by Crippen LogP contribution is 2.56. The van der Waals surface area contributed by atoms with Gasteiger partial charge in [0.2, 0.25) is 5.91 Å². The highest BCUT2D eigenvalue weighted by atomic mass is 35.5. The summed E-state index contributed by atoms with van der Waals surface area (Å²) >= 11 is 6.42. The Morgan fingerprint density at radius 3 is 2.19 bits per heavy atom. The zero-order chi connectivity index (χ0) is 14.4. The number of carbonyl (C=O) groups excluding carboxylic acids is 1. The largest absolute Gasteiger partial charge is 0.356 e. The van der Waals surface area contributed by atoms with Crippen molar-refractivity contribution >= 4 is 17.5 Å². The first-order chi connectivity index (χ1) is 10.2. The molecule has 4 bridgehead atoms. The summed E-state index contributed by atoms with van der Waals surface area (Å²) in [5.74, 6) is 4.47. The van der Waals surface area contributed by atoms with Gasteiger partial charge in [0.15, 0.2) is 0 Å². The van der Waals surface area contributed by atoms with Gasteiger partial charge in [-0.05, 0) is 74.5 Å². The second kappa shape index (κ2) is 5.76. The zero-order valence-electron chi connectivity index (χ0n) is 12.9. The fraction of sp³-hybridized carbons (Fsp3) is 0.944. The predicted octanol–water partition coefficient (Wildman–Crippen LogP) is 3.97. The summed E-state index contributed by atoms with van der Waals surface area (Å²) in [5.41, 5.74) is 0. The van der Waals surface area contributed by atoms with Crippen molar-refractivity contribution in [2.75, 3.05) is 6.54 Å². The Balaban J connectivity index is 1.35. The fourth-order valence-corrected chi connectivity index (χ4v) is 6.46. The van der Waals surface area contributed by atoms with Gasteiger partial charge in [-0.2, -0.15) is 0 Å². The van der Waals surface area contributed by atoms with E-state index in [1.54, 1.807) is 0 Å². The monoisotopic (exact) mass is 309 g/mol. The van der Waals surface area contributed by atoms with Crippen molar-refractivity contribution in [2.24, 2.45) is 35.5 Å². The van der Waals surface area contributed by atoms with Crippen molar-refractivity contribution in [1.82, 2.24) is 5.32 Å². The molecule has 0 aromatic carbocycles. The van der Waals surface area contributed by atoms with E-state index in [0.29, 0.717) is 29.6 Å². The van der Waals surface area contributed by atoms with Crippen LogP contribution in [0.4, 0.5) is 0 Å². The normalized spacial score (nSPS) is 48.3. The number of halogens is 1. The number of alkyl halides is 1. The molecule has 118 valence electrons. The molecule has 0 spiro atoms. The van der Waals surface area contributed by atoms with Crippen molar-refractivity contribution in [3.05, 3.63) is 0 Å². The molecular formula is C18H28ClNO. The molecular weight excluding hydrogens is 282 g/mol. The first-order valence-corrected chi connectivity index (χ1v) is 9.56. The summed E-state index contributed by atoms with van der Waals surface area (Å²) < 4.78 is 0. The lowest BCUT2D eigenvalue weighted by Gasteiger charge is -2.53. The Kier molecular flexibility index (Phi) is 3.94.